The number of aromatic nitrogens is 2. The highest BCUT2D eigenvalue weighted by molar-refractivity contribution is 5.71. The van der Waals surface area contributed by atoms with Crippen LogP contribution >= 0.6 is 0 Å². The predicted molar refractivity (Wildman–Crippen MR) is 52.2 cm³/mol. The Morgan fingerprint density at radius 1 is 1.50 bits per heavy atom. The van der Waals surface area contributed by atoms with Gasteiger partial charge in [-0.2, -0.15) is 0 Å². The molecule has 1 heterocycles. The van der Waals surface area contributed by atoms with Crippen molar-refractivity contribution >= 4 is 11.9 Å². The molecule has 0 saturated carbocycles. The van der Waals surface area contributed by atoms with Gasteiger partial charge >= 0.3 is 5.97 Å². The van der Waals surface area contributed by atoms with Crippen molar-refractivity contribution in [2.75, 3.05) is 11.9 Å². The van der Waals surface area contributed by atoms with Crippen LogP contribution in [0.2, 0.25) is 0 Å². The van der Waals surface area contributed by atoms with Crippen molar-refractivity contribution in [3.8, 4) is 0 Å². The van der Waals surface area contributed by atoms with Crippen molar-refractivity contribution in [1.29, 1.82) is 0 Å². The van der Waals surface area contributed by atoms with E-state index in [2.05, 4.69) is 15.3 Å². The summed E-state index contributed by atoms with van der Waals surface area (Å²) in [5.41, 5.74) is 1.03. The number of hydrogen-bond acceptors (Lipinski definition) is 4. The Morgan fingerprint density at radius 2 is 2.07 bits per heavy atom. The highest BCUT2D eigenvalue weighted by atomic mass is 16.4. The van der Waals surface area contributed by atoms with Gasteiger partial charge < -0.3 is 10.4 Å². The molecule has 2 N–H and O–H groups in total. The Labute approximate surface area is 82.2 Å². The molecule has 0 aliphatic rings. The Morgan fingerprint density at radius 3 is 2.50 bits per heavy atom. The van der Waals surface area contributed by atoms with E-state index < -0.39 is 5.97 Å². The number of nitrogens with one attached hydrogen (secondary N) is 1. The first kappa shape index (κ1) is 10.4. The summed E-state index contributed by atoms with van der Waals surface area (Å²) in [4.78, 5) is 18.2. The third-order valence-corrected chi connectivity index (χ3v) is 1.74. The van der Waals surface area contributed by atoms with Crippen molar-refractivity contribution in [3.05, 3.63) is 18.0 Å². The molecular weight excluding hydrogens is 182 g/mol. The van der Waals surface area contributed by atoms with E-state index in [1.54, 1.807) is 12.4 Å². The van der Waals surface area contributed by atoms with E-state index in [1.165, 1.54) is 0 Å². The molecule has 0 bridgehead atoms. The molecule has 1 aromatic heterocycles. The molecule has 5 nitrogen and oxygen atoms in total. The van der Waals surface area contributed by atoms with E-state index in [9.17, 15) is 4.79 Å². The van der Waals surface area contributed by atoms with Crippen molar-refractivity contribution in [2.24, 2.45) is 0 Å². The first-order valence-electron chi connectivity index (χ1n) is 4.37. The number of nitrogens with zero attached hydrogens (tertiary/aromatic N) is 2. The van der Waals surface area contributed by atoms with Gasteiger partial charge in [-0.15, -0.1) is 0 Å². The second kappa shape index (κ2) is 4.55. The molecule has 0 aliphatic heterocycles. The van der Waals surface area contributed by atoms with Crippen molar-refractivity contribution in [3.63, 3.8) is 0 Å². The molecular formula is C9H13N3O2. The summed E-state index contributed by atoms with van der Waals surface area (Å²) in [6.45, 7) is 3.92. The fourth-order valence-corrected chi connectivity index (χ4v) is 0.882. The molecule has 5 heteroatoms. The summed E-state index contributed by atoms with van der Waals surface area (Å²) < 4.78 is 0. The van der Waals surface area contributed by atoms with Crippen molar-refractivity contribution in [1.82, 2.24) is 9.97 Å². The molecule has 0 spiro atoms. The maximum absolute atomic E-state index is 10.2. The van der Waals surface area contributed by atoms with Crippen molar-refractivity contribution < 1.29 is 9.90 Å². The molecule has 0 atom stereocenters. The molecule has 1 aromatic rings. The number of rotatable bonds is 4. The Hall–Kier alpha value is -1.65. The van der Waals surface area contributed by atoms with Crippen LogP contribution in [0.3, 0.4) is 0 Å². The largest absolute Gasteiger partial charge is 0.480 e. The van der Waals surface area contributed by atoms with Crippen LogP contribution in [0.25, 0.3) is 0 Å². The Balaban J connectivity index is 2.59. The van der Waals surface area contributed by atoms with Gasteiger partial charge in [0.25, 0.3) is 0 Å². The normalized spacial score (nSPS) is 10.2. The molecule has 0 fully saturated rings. The second-order valence-electron chi connectivity index (χ2n) is 3.24. The molecule has 0 saturated heterocycles. The smallest absolute Gasteiger partial charge is 0.322 e. The molecule has 1 rings (SSSR count). The number of carbonyl (C=O) groups is 1. The lowest BCUT2D eigenvalue weighted by molar-refractivity contribution is -0.134. The third-order valence-electron chi connectivity index (χ3n) is 1.74. The zero-order chi connectivity index (χ0) is 10.6. The lowest BCUT2D eigenvalue weighted by Gasteiger charge is -2.05. The molecule has 76 valence electrons. The predicted octanol–water partition coefficient (Wildman–Crippen LogP) is 1.10. The van der Waals surface area contributed by atoms with Gasteiger partial charge in [0.15, 0.2) is 0 Å². The lowest BCUT2D eigenvalue weighted by atomic mass is 10.1. The highest BCUT2D eigenvalue weighted by Crippen LogP contribution is 2.11. The average molecular weight is 195 g/mol. The molecule has 0 radical (unpaired) electrons. The molecule has 0 unspecified atom stereocenters. The van der Waals surface area contributed by atoms with E-state index in [0.717, 1.165) is 5.56 Å². The van der Waals surface area contributed by atoms with Gasteiger partial charge in [0.2, 0.25) is 5.95 Å². The molecule has 14 heavy (non-hydrogen) atoms. The van der Waals surface area contributed by atoms with Crippen LogP contribution in [-0.4, -0.2) is 27.6 Å². The van der Waals surface area contributed by atoms with E-state index in [-0.39, 0.29) is 6.54 Å². The quantitative estimate of drug-likeness (QED) is 0.752. The molecule has 0 aromatic carbocycles. The third kappa shape index (κ3) is 3.01. The lowest BCUT2D eigenvalue weighted by Crippen LogP contribution is -2.14. The highest BCUT2D eigenvalue weighted by Gasteiger charge is 2.02. The summed E-state index contributed by atoms with van der Waals surface area (Å²) in [5.74, 6) is -0.207. The Bertz CT molecular complexity index is 308. The zero-order valence-corrected chi connectivity index (χ0v) is 8.19. The van der Waals surface area contributed by atoms with Crippen LogP contribution in [-0.2, 0) is 4.79 Å². The second-order valence-corrected chi connectivity index (χ2v) is 3.24. The number of anilines is 1. The number of carboxylic acids is 1. The van der Waals surface area contributed by atoms with Gasteiger partial charge in [-0.1, -0.05) is 13.8 Å². The standard InChI is InChI=1S/C9H13N3O2/c1-6(2)7-3-10-9(11-4-7)12-5-8(13)14/h3-4,6H,5H2,1-2H3,(H,13,14)(H,10,11,12). The summed E-state index contributed by atoms with van der Waals surface area (Å²) in [6.07, 6.45) is 3.39. The zero-order valence-electron chi connectivity index (χ0n) is 8.19. The van der Waals surface area contributed by atoms with Crippen LogP contribution in [0.15, 0.2) is 12.4 Å². The van der Waals surface area contributed by atoms with Gasteiger partial charge in [-0.25, -0.2) is 9.97 Å². The molecule has 0 amide bonds. The minimum Gasteiger partial charge on any atom is -0.480 e. The van der Waals surface area contributed by atoms with E-state index >= 15 is 0 Å². The maximum Gasteiger partial charge on any atom is 0.322 e. The van der Waals surface area contributed by atoms with Gasteiger partial charge in [-0.05, 0) is 11.5 Å². The van der Waals surface area contributed by atoms with Crippen LogP contribution < -0.4 is 5.32 Å². The summed E-state index contributed by atoms with van der Waals surface area (Å²) in [7, 11) is 0. The number of hydrogen-bond donors (Lipinski definition) is 2. The fraction of sp³-hybridized carbons (Fsp3) is 0.444. The number of aliphatic carboxylic acids is 1. The Kier molecular flexibility index (Phi) is 3.39. The summed E-state index contributed by atoms with van der Waals surface area (Å²) in [5, 5.41) is 11.0. The minimum atomic E-state index is -0.929. The topological polar surface area (TPSA) is 75.1 Å². The number of carboxylic acid groups (broad SMARTS) is 1. The van der Waals surface area contributed by atoms with Crippen LogP contribution in [0.5, 0.6) is 0 Å². The van der Waals surface area contributed by atoms with Crippen molar-refractivity contribution in [2.45, 2.75) is 19.8 Å². The van der Waals surface area contributed by atoms with Gasteiger partial charge in [-0.3, -0.25) is 4.79 Å². The maximum atomic E-state index is 10.2. The minimum absolute atomic E-state index is 0.166. The van der Waals surface area contributed by atoms with Crippen LogP contribution in [0.4, 0.5) is 5.95 Å². The van der Waals surface area contributed by atoms with Crippen LogP contribution in [0.1, 0.15) is 25.3 Å². The SMILES string of the molecule is CC(C)c1cnc(NCC(=O)O)nc1. The van der Waals surface area contributed by atoms with Crippen LogP contribution in [0, 0.1) is 0 Å². The van der Waals surface area contributed by atoms with E-state index in [4.69, 9.17) is 5.11 Å². The van der Waals surface area contributed by atoms with Gasteiger partial charge in [0, 0.05) is 12.4 Å². The van der Waals surface area contributed by atoms with Gasteiger partial charge in [0.1, 0.15) is 6.54 Å². The van der Waals surface area contributed by atoms with Gasteiger partial charge in [0.05, 0.1) is 0 Å². The van der Waals surface area contributed by atoms with E-state index in [0.29, 0.717) is 11.9 Å². The first-order valence-corrected chi connectivity index (χ1v) is 4.37. The molecule has 0 aliphatic carbocycles. The monoisotopic (exact) mass is 195 g/mol. The van der Waals surface area contributed by atoms with E-state index in [1.807, 2.05) is 13.8 Å². The fourth-order valence-electron chi connectivity index (χ4n) is 0.882. The summed E-state index contributed by atoms with van der Waals surface area (Å²) >= 11 is 0. The first-order chi connectivity index (χ1) is 6.59. The average Bonchev–Trinajstić information content (AvgIpc) is 2.15. The summed E-state index contributed by atoms with van der Waals surface area (Å²) in [6, 6.07) is 0.